The minimum Gasteiger partial charge on any atom is -0.311 e. The Bertz CT molecular complexity index is 2340. The number of hydrogen-bond acceptors (Lipinski definition) is 3. The van der Waals surface area contributed by atoms with Crippen molar-refractivity contribution in [1.29, 1.82) is 0 Å². The summed E-state index contributed by atoms with van der Waals surface area (Å²) in [7, 11) is 0. The second-order valence-corrected chi connectivity index (χ2v) is 14.7. The standard InChI is InChI=1S/C48H40N2S/c1-5-16-38(17-6-1)49(39-18-7-2-8-19-39)41-30-26-36(27-31-41)48(34-13-4-14-35-48)37-28-32-42(33-29-37)50(40-20-9-3-10-21-40)44-23-15-25-46-47(44)43-22-11-12-24-45(43)51-46/h1-3,5-12,15-33H,4,13-14,34-35H2. The van der Waals surface area contributed by atoms with Crippen LogP contribution in [0.1, 0.15) is 43.2 Å². The molecule has 3 heteroatoms. The third-order valence-electron chi connectivity index (χ3n) is 10.7. The molecule has 0 N–H and O–H groups in total. The largest absolute Gasteiger partial charge is 0.311 e. The molecule has 248 valence electrons. The number of hydrogen-bond donors (Lipinski definition) is 0. The number of para-hydroxylation sites is 3. The van der Waals surface area contributed by atoms with E-state index in [0.717, 1.165) is 29.9 Å². The molecule has 2 nitrogen and oxygen atoms in total. The summed E-state index contributed by atoms with van der Waals surface area (Å²) in [5.41, 5.74) is 9.86. The molecular formula is C48H40N2S. The quantitative estimate of drug-likeness (QED) is 0.158. The summed E-state index contributed by atoms with van der Waals surface area (Å²) in [5, 5.41) is 2.63. The third kappa shape index (κ3) is 5.78. The van der Waals surface area contributed by atoms with Crippen molar-refractivity contribution < 1.29 is 0 Å². The molecule has 1 saturated carbocycles. The second-order valence-electron chi connectivity index (χ2n) is 13.7. The Kier molecular flexibility index (Phi) is 8.35. The van der Waals surface area contributed by atoms with Gasteiger partial charge in [-0.2, -0.15) is 0 Å². The van der Waals surface area contributed by atoms with E-state index in [4.69, 9.17) is 0 Å². The number of benzene rings is 7. The number of thiophene rings is 1. The van der Waals surface area contributed by atoms with Crippen molar-refractivity contribution >= 4 is 65.6 Å². The van der Waals surface area contributed by atoms with Gasteiger partial charge in [-0.15, -0.1) is 11.3 Å². The Labute approximate surface area is 304 Å². The van der Waals surface area contributed by atoms with Gasteiger partial charge in [-0.05, 0) is 103 Å². The van der Waals surface area contributed by atoms with Gasteiger partial charge in [-0.3, -0.25) is 0 Å². The van der Waals surface area contributed by atoms with Crippen molar-refractivity contribution in [2.45, 2.75) is 37.5 Å². The van der Waals surface area contributed by atoms with Gasteiger partial charge in [0.1, 0.15) is 0 Å². The Hall–Kier alpha value is -5.64. The van der Waals surface area contributed by atoms with Crippen LogP contribution in [0.4, 0.5) is 34.1 Å². The summed E-state index contributed by atoms with van der Waals surface area (Å²) >= 11 is 1.87. The topological polar surface area (TPSA) is 6.48 Å². The van der Waals surface area contributed by atoms with Crippen LogP contribution in [0.25, 0.3) is 20.2 Å². The van der Waals surface area contributed by atoms with Crippen LogP contribution in [-0.2, 0) is 5.41 Å². The molecule has 0 atom stereocenters. The molecule has 1 fully saturated rings. The van der Waals surface area contributed by atoms with E-state index < -0.39 is 0 Å². The first-order valence-corrected chi connectivity index (χ1v) is 19.0. The van der Waals surface area contributed by atoms with E-state index in [2.05, 4.69) is 192 Å². The lowest BCUT2D eigenvalue weighted by Crippen LogP contribution is -2.30. The molecule has 0 saturated heterocycles. The Morgan fingerprint density at radius 3 is 1.39 bits per heavy atom. The van der Waals surface area contributed by atoms with Crippen molar-refractivity contribution in [2.75, 3.05) is 9.80 Å². The smallest absolute Gasteiger partial charge is 0.0554 e. The van der Waals surface area contributed by atoms with Crippen molar-refractivity contribution in [1.82, 2.24) is 0 Å². The minimum absolute atomic E-state index is 0.0131. The van der Waals surface area contributed by atoms with Crippen LogP contribution in [0.3, 0.4) is 0 Å². The second kappa shape index (κ2) is 13.6. The number of anilines is 6. The maximum atomic E-state index is 2.44. The number of rotatable bonds is 8. The average Bonchev–Trinajstić information content (AvgIpc) is 3.60. The lowest BCUT2D eigenvalue weighted by atomic mass is 9.65. The average molecular weight is 677 g/mol. The van der Waals surface area contributed by atoms with Gasteiger partial charge < -0.3 is 9.80 Å². The fraction of sp³-hybridized carbons (Fsp3) is 0.125. The predicted molar refractivity (Wildman–Crippen MR) is 219 cm³/mol. The van der Waals surface area contributed by atoms with Crippen molar-refractivity contribution in [3.63, 3.8) is 0 Å². The SMILES string of the molecule is c1ccc(N(c2ccccc2)c2ccc(C3(c4ccc(N(c5ccccc5)c5cccc6sc7ccccc7c56)cc4)CCCCC3)cc2)cc1. The lowest BCUT2D eigenvalue weighted by molar-refractivity contribution is 0.346. The summed E-state index contributed by atoms with van der Waals surface area (Å²) in [5.74, 6) is 0. The summed E-state index contributed by atoms with van der Waals surface area (Å²) in [4.78, 5) is 4.79. The molecule has 51 heavy (non-hydrogen) atoms. The summed E-state index contributed by atoms with van der Waals surface area (Å²) < 4.78 is 2.64. The zero-order chi connectivity index (χ0) is 34.0. The molecule has 0 amide bonds. The summed E-state index contributed by atoms with van der Waals surface area (Å²) in [6.07, 6.45) is 6.11. The zero-order valence-corrected chi connectivity index (χ0v) is 29.5. The molecule has 1 aliphatic carbocycles. The molecule has 1 heterocycles. The molecule has 9 rings (SSSR count). The van der Waals surface area contributed by atoms with E-state index in [1.54, 1.807) is 0 Å². The Balaban J connectivity index is 1.11. The molecule has 8 aromatic rings. The van der Waals surface area contributed by atoms with Gasteiger partial charge >= 0.3 is 0 Å². The molecule has 0 bridgehead atoms. The summed E-state index contributed by atoms with van der Waals surface area (Å²) in [6.45, 7) is 0. The van der Waals surface area contributed by atoms with Crippen LogP contribution in [0, 0.1) is 0 Å². The molecule has 7 aromatic carbocycles. The first-order valence-electron chi connectivity index (χ1n) is 18.2. The molecule has 0 unspecified atom stereocenters. The number of fused-ring (bicyclic) bond motifs is 3. The van der Waals surface area contributed by atoms with E-state index in [1.165, 1.54) is 67.6 Å². The molecule has 1 aliphatic rings. The van der Waals surface area contributed by atoms with Crippen molar-refractivity contribution in [3.05, 3.63) is 193 Å². The molecule has 0 aliphatic heterocycles. The maximum absolute atomic E-state index is 2.44. The first-order chi connectivity index (χ1) is 25.3. The van der Waals surface area contributed by atoms with Gasteiger partial charge in [-0.25, -0.2) is 0 Å². The highest BCUT2D eigenvalue weighted by atomic mass is 32.1. The zero-order valence-electron chi connectivity index (χ0n) is 28.7. The van der Waals surface area contributed by atoms with Gasteiger partial charge in [0, 0.05) is 54.0 Å². The highest BCUT2D eigenvalue weighted by Crippen LogP contribution is 2.48. The van der Waals surface area contributed by atoms with Gasteiger partial charge in [0.05, 0.1) is 5.69 Å². The highest BCUT2D eigenvalue weighted by Gasteiger charge is 2.36. The third-order valence-corrected chi connectivity index (χ3v) is 11.9. The van der Waals surface area contributed by atoms with Crippen LogP contribution < -0.4 is 9.80 Å². The predicted octanol–water partition coefficient (Wildman–Crippen LogP) is 14.2. The van der Waals surface area contributed by atoms with E-state index in [9.17, 15) is 0 Å². The monoisotopic (exact) mass is 676 g/mol. The van der Waals surface area contributed by atoms with Crippen molar-refractivity contribution in [2.24, 2.45) is 0 Å². The maximum Gasteiger partial charge on any atom is 0.0554 e. The van der Waals surface area contributed by atoms with Gasteiger partial charge in [-0.1, -0.05) is 122 Å². The minimum atomic E-state index is -0.0131. The van der Waals surface area contributed by atoms with Crippen LogP contribution in [0.15, 0.2) is 182 Å². The molecular weight excluding hydrogens is 637 g/mol. The van der Waals surface area contributed by atoms with Crippen LogP contribution in [-0.4, -0.2) is 0 Å². The van der Waals surface area contributed by atoms with E-state index in [0.29, 0.717) is 0 Å². The van der Waals surface area contributed by atoms with E-state index >= 15 is 0 Å². The van der Waals surface area contributed by atoms with Crippen LogP contribution in [0.2, 0.25) is 0 Å². The molecule has 1 aromatic heterocycles. The lowest BCUT2D eigenvalue weighted by Gasteiger charge is -2.39. The molecule has 0 spiro atoms. The Morgan fingerprint density at radius 2 is 0.824 bits per heavy atom. The van der Waals surface area contributed by atoms with Crippen LogP contribution >= 0.6 is 11.3 Å². The van der Waals surface area contributed by atoms with Crippen LogP contribution in [0.5, 0.6) is 0 Å². The fourth-order valence-electron chi connectivity index (χ4n) is 8.31. The van der Waals surface area contributed by atoms with Gasteiger partial charge in [0.15, 0.2) is 0 Å². The number of nitrogens with zero attached hydrogens (tertiary/aromatic N) is 2. The first kappa shape index (κ1) is 31.3. The van der Waals surface area contributed by atoms with E-state index in [-0.39, 0.29) is 5.41 Å². The van der Waals surface area contributed by atoms with Gasteiger partial charge in [0.2, 0.25) is 0 Å². The Morgan fingerprint density at radius 1 is 0.373 bits per heavy atom. The summed E-state index contributed by atoms with van der Waals surface area (Å²) in [6, 6.07) is 66.7. The van der Waals surface area contributed by atoms with Gasteiger partial charge in [0.25, 0.3) is 0 Å². The normalized spacial score (nSPS) is 14.0. The van der Waals surface area contributed by atoms with E-state index in [1.807, 2.05) is 11.3 Å². The highest BCUT2D eigenvalue weighted by molar-refractivity contribution is 7.26. The fourth-order valence-corrected chi connectivity index (χ4v) is 9.43. The molecule has 0 radical (unpaired) electrons. The van der Waals surface area contributed by atoms with Crippen molar-refractivity contribution in [3.8, 4) is 0 Å².